The van der Waals surface area contributed by atoms with Gasteiger partial charge in [-0.2, -0.15) is 13.2 Å². The average molecular weight is 401 g/mol. The van der Waals surface area contributed by atoms with Crippen LogP contribution in [0, 0.1) is 0 Å². The van der Waals surface area contributed by atoms with Crippen LogP contribution in [0.3, 0.4) is 0 Å². The van der Waals surface area contributed by atoms with Crippen LogP contribution in [-0.2, 0) is 11.2 Å². The number of nitrogens with one attached hydrogen (secondary N) is 2. The third-order valence-electron chi connectivity index (χ3n) is 3.76. The van der Waals surface area contributed by atoms with E-state index in [0.717, 1.165) is 12.6 Å². The molecule has 1 aromatic carbocycles. The van der Waals surface area contributed by atoms with Gasteiger partial charge < -0.3 is 20.4 Å². The van der Waals surface area contributed by atoms with Crippen LogP contribution in [0.1, 0.15) is 15.9 Å². The Morgan fingerprint density at radius 1 is 1.14 bits per heavy atom. The minimum Gasteiger partial charge on any atom is -0.356 e. The molecule has 0 bridgehead atoms. The zero-order chi connectivity index (χ0) is 21.3. The van der Waals surface area contributed by atoms with Crippen LogP contribution < -0.4 is 10.6 Å². The van der Waals surface area contributed by atoms with Gasteiger partial charge in [-0.05, 0) is 24.1 Å². The van der Waals surface area contributed by atoms with Crippen LogP contribution in [0.2, 0.25) is 0 Å². The van der Waals surface area contributed by atoms with Gasteiger partial charge in [0.25, 0.3) is 5.91 Å². The van der Waals surface area contributed by atoms with Crippen molar-refractivity contribution < 1.29 is 22.8 Å². The van der Waals surface area contributed by atoms with Crippen LogP contribution in [0.4, 0.5) is 13.2 Å². The molecule has 0 fully saturated rings. The molecule has 0 spiro atoms. The fourth-order valence-electron chi connectivity index (χ4n) is 2.32. The predicted molar refractivity (Wildman–Crippen MR) is 101 cm³/mol. The maximum atomic E-state index is 12.3. The second-order valence-electron chi connectivity index (χ2n) is 6.37. The molecule has 1 aromatic rings. The number of hydrogen-bond donors (Lipinski definition) is 2. The quantitative estimate of drug-likeness (QED) is 0.530. The van der Waals surface area contributed by atoms with Crippen LogP contribution in [0.5, 0.6) is 0 Å². The number of likely N-dealkylation sites (N-methyl/N-ethyl adjacent to an activating group) is 1. The molecule has 10 heteroatoms. The lowest BCUT2D eigenvalue weighted by atomic mass is 10.1. The van der Waals surface area contributed by atoms with Crippen molar-refractivity contribution in [2.75, 3.05) is 47.8 Å². The summed E-state index contributed by atoms with van der Waals surface area (Å²) in [6, 6.07) is 7.23. The molecule has 0 aliphatic heterocycles. The summed E-state index contributed by atoms with van der Waals surface area (Å²) < 4.78 is 36.9. The van der Waals surface area contributed by atoms with Crippen LogP contribution in [-0.4, -0.2) is 81.6 Å². The monoisotopic (exact) mass is 401 g/mol. The Morgan fingerprint density at radius 2 is 1.82 bits per heavy atom. The first-order valence-electron chi connectivity index (χ1n) is 8.59. The Hall–Kier alpha value is -2.78. The first-order chi connectivity index (χ1) is 13.0. The maximum absolute atomic E-state index is 12.3. The fourth-order valence-corrected chi connectivity index (χ4v) is 2.32. The molecule has 156 valence electrons. The van der Waals surface area contributed by atoms with E-state index in [4.69, 9.17) is 0 Å². The van der Waals surface area contributed by atoms with Crippen molar-refractivity contribution in [3.8, 4) is 0 Å². The van der Waals surface area contributed by atoms with E-state index < -0.39 is 18.6 Å². The van der Waals surface area contributed by atoms with E-state index in [1.54, 1.807) is 32.3 Å². The van der Waals surface area contributed by atoms with Gasteiger partial charge in [0, 0.05) is 40.3 Å². The van der Waals surface area contributed by atoms with Crippen molar-refractivity contribution in [1.29, 1.82) is 0 Å². The van der Waals surface area contributed by atoms with Gasteiger partial charge in [0.1, 0.15) is 6.54 Å². The van der Waals surface area contributed by atoms with Crippen molar-refractivity contribution in [3.63, 3.8) is 0 Å². The van der Waals surface area contributed by atoms with E-state index in [1.807, 2.05) is 6.07 Å². The van der Waals surface area contributed by atoms with Gasteiger partial charge in [-0.1, -0.05) is 12.1 Å². The molecule has 0 saturated heterocycles. The molecule has 0 radical (unpaired) electrons. The average Bonchev–Trinajstić information content (AvgIpc) is 2.62. The Labute approximate surface area is 162 Å². The van der Waals surface area contributed by atoms with Crippen molar-refractivity contribution >= 4 is 17.8 Å². The summed E-state index contributed by atoms with van der Waals surface area (Å²) in [7, 11) is 5.95. The molecule has 28 heavy (non-hydrogen) atoms. The maximum Gasteiger partial charge on any atom is 0.406 e. The van der Waals surface area contributed by atoms with Crippen molar-refractivity contribution in [2.24, 2.45) is 4.99 Å². The lowest BCUT2D eigenvalue weighted by molar-refractivity contribution is -0.157. The van der Waals surface area contributed by atoms with Crippen LogP contribution in [0.15, 0.2) is 29.3 Å². The minimum absolute atomic E-state index is 0.0891. The van der Waals surface area contributed by atoms with E-state index in [1.165, 1.54) is 11.9 Å². The number of benzene rings is 1. The van der Waals surface area contributed by atoms with Gasteiger partial charge in [-0.15, -0.1) is 0 Å². The number of aliphatic imine (C=N–C) groups is 1. The zero-order valence-corrected chi connectivity index (χ0v) is 16.4. The fraction of sp³-hybridized carbons (Fsp3) is 0.500. The molecule has 0 saturated carbocycles. The molecular formula is C18H26F3N5O2. The van der Waals surface area contributed by atoms with Crippen molar-refractivity contribution in [3.05, 3.63) is 35.4 Å². The highest BCUT2D eigenvalue weighted by Gasteiger charge is 2.31. The number of hydrogen-bond acceptors (Lipinski definition) is 3. The molecule has 0 aliphatic carbocycles. The number of nitrogens with zero attached hydrogens (tertiary/aromatic N) is 3. The molecule has 1 rings (SSSR count). The number of alkyl halides is 3. The van der Waals surface area contributed by atoms with E-state index in [0.29, 0.717) is 29.4 Å². The van der Waals surface area contributed by atoms with Gasteiger partial charge in [-0.25, -0.2) is 0 Å². The lowest BCUT2D eigenvalue weighted by Gasteiger charge is -2.20. The van der Waals surface area contributed by atoms with E-state index in [2.05, 4.69) is 15.6 Å². The lowest BCUT2D eigenvalue weighted by Crippen LogP contribution is -2.45. The normalized spacial score (nSPS) is 11.8. The molecule has 2 amide bonds. The Balaban J connectivity index is 2.48. The van der Waals surface area contributed by atoms with Gasteiger partial charge in [-0.3, -0.25) is 14.6 Å². The second kappa shape index (κ2) is 10.5. The van der Waals surface area contributed by atoms with Gasteiger partial charge in [0.2, 0.25) is 5.91 Å². The summed E-state index contributed by atoms with van der Waals surface area (Å²) in [5.74, 6) is -0.488. The summed E-state index contributed by atoms with van der Waals surface area (Å²) in [6.45, 7) is -1.15. The standard InChI is InChI=1S/C18H26F3N5O2/c1-22-17(24-11-15(27)26(4)12-18(19,20)21)23-9-8-13-6-5-7-14(10-13)16(28)25(2)3/h5-7,10H,8-9,11-12H2,1-4H3,(H2,22,23,24). The second-order valence-corrected chi connectivity index (χ2v) is 6.37. The molecule has 2 N–H and O–H groups in total. The first kappa shape index (κ1) is 23.3. The summed E-state index contributed by atoms with van der Waals surface area (Å²) >= 11 is 0. The summed E-state index contributed by atoms with van der Waals surface area (Å²) in [5.41, 5.74) is 1.53. The van der Waals surface area contributed by atoms with Gasteiger partial charge in [0.15, 0.2) is 5.96 Å². The summed E-state index contributed by atoms with van der Waals surface area (Å²) in [5, 5.41) is 5.67. The number of amides is 2. The van der Waals surface area contributed by atoms with Gasteiger partial charge >= 0.3 is 6.18 Å². The highest BCUT2D eigenvalue weighted by molar-refractivity contribution is 5.94. The van der Waals surface area contributed by atoms with Crippen LogP contribution >= 0.6 is 0 Å². The summed E-state index contributed by atoms with van der Waals surface area (Å²) in [6.07, 6.45) is -3.84. The molecular weight excluding hydrogens is 375 g/mol. The van der Waals surface area contributed by atoms with Gasteiger partial charge in [0.05, 0.1) is 6.54 Å². The summed E-state index contributed by atoms with van der Waals surface area (Å²) in [4.78, 5) is 29.8. The Kier molecular flexibility index (Phi) is 8.75. The number of guanidine groups is 1. The Bertz CT molecular complexity index is 705. The minimum atomic E-state index is -4.44. The number of carbonyl (C=O) groups excluding carboxylic acids is 2. The highest BCUT2D eigenvalue weighted by atomic mass is 19.4. The SMILES string of the molecule is CN=C(NCCc1cccc(C(=O)N(C)C)c1)NCC(=O)N(C)CC(F)(F)F. The number of halogens is 3. The van der Waals surface area contributed by atoms with E-state index in [9.17, 15) is 22.8 Å². The molecule has 7 nitrogen and oxygen atoms in total. The topological polar surface area (TPSA) is 77.0 Å². The Morgan fingerprint density at radius 3 is 2.39 bits per heavy atom. The third-order valence-corrected chi connectivity index (χ3v) is 3.76. The smallest absolute Gasteiger partial charge is 0.356 e. The molecule has 0 atom stereocenters. The first-order valence-corrected chi connectivity index (χ1v) is 8.59. The van der Waals surface area contributed by atoms with Crippen LogP contribution in [0.25, 0.3) is 0 Å². The predicted octanol–water partition coefficient (Wildman–Crippen LogP) is 1.12. The van der Waals surface area contributed by atoms with Crippen molar-refractivity contribution in [2.45, 2.75) is 12.6 Å². The molecule has 0 aliphatic rings. The highest BCUT2D eigenvalue weighted by Crippen LogP contribution is 2.15. The third kappa shape index (κ3) is 8.28. The number of carbonyl (C=O) groups is 2. The molecule has 0 heterocycles. The zero-order valence-electron chi connectivity index (χ0n) is 16.4. The molecule has 0 aromatic heterocycles. The molecule has 0 unspecified atom stereocenters. The van der Waals surface area contributed by atoms with Crippen molar-refractivity contribution in [1.82, 2.24) is 20.4 Å². The number of rotatable bonds is 7. The largest absolute Gasteiger partial charge is 0.406 e. The van der Waals surface area contributed by atoms with E-state index in [-0.39, 0.29) is 12.5 Å². The van der Waals surface area contributed by atoms with E-state index >= 15 is 0 Å².